The number of aliphatic imine (C=N–C) groups is 1. The number of nitrogens with zero attached hydrogens (tertiary/aromatic N) is 2. The Bertz CT molecular complexity index is 1440. The molecule has 2 aromatic carbocycles. The van der Waals surface area contributed by atoms with Gasteiger partial charge in [-0.1, -0.05) is 35.9 Å². The van der Waals surface area contributed by atoms with Crippen molar-refractivity contribution in [3.63, 3.8) is 0 Å². The maximum absolute atomic E-state index is 14.2. The van der Waals surface area contributed by atoms with Gasteiger partial charge >= 0.3 is 6.18 Å². The summed E-state index contributed by atoms with van der Waals surface area (Å²) in [4.78, 5) is 17.6. The van der Waals surface area contributed by atoms with Crippen molar-refractivity contribution in [3.8, 4) is 0 Å². The van der Waals surface area contributed by atoms with Gasteiger partial charge in [0.25, 0.3) is 0 Å². The van der Waals surface area contributed by atoms with Gasteiger partial charge < -0.3 is 5.32 Å². The van der Waals surface area contributed by atoms with Crippen molar-refractivity contribution >= 4 is 33.2 Å². The third-order valence-electron chi connectivity index (χ3n) is 8.25. The van der Waals surface area contributed by atoms with Crippen LogP contribution in [0.5, 0.6) is 0 Å². The number of rotatable bonds is 10. The van der Waals surface area contributed by atoms with Gasteiger partial charge in [0, 0.05) is 30.3 Å². The molecule has 3 fully saturated rings. The average Bonchev–Trinajstić information content (AvgIpc) is 3.13. The molecule has 6 rings (SSSR count). The van der Waals surface area contributed by atoms with Crippen LogP contribution < -0.4 is 5.32 Å². The van der Waals surface area contributed by atoms with Crippen LogP contribution in [0.25, 0.3) is 0 Å². The first kappa shape index (κ1) is 29.0. The highest BCUT2D eigenvalue weighted by Gasteiger charge is 2.75. The lowest BCUT2D eigenvalue weighted by Crippen LogP contribution is -2.78. The number of carbonyl (C=O) groups is 1. The third-order valence-corrected chi connectivity index (χ3v) is 10.5. The van der Waals surface area contributed by atoms with Crippen LogP contribution in [-0.2, 0) is 21.4 Å². The summed E-state index contributed by atoms with van der Waals surface area (Å²) >= 11 is 5.83. The van der Waals surface area contributed by atoms with Crippen molar-refractivity contribution in [2.24, 2.45) is 10.4 Å². The molecule has 4 aliphatic rings. The second kappa shape index (κ2) is 9.80. The maximum atomic E-state index is 14.2. The molecule has 1 heterocycles. The van der Waals surface area contributed by atoms with E-state index in [1.54, 1.807) is 38.1 Å². The van der Waals surface area contributed by atoms with Gasteiger partial charge in [-0.05, 0) is 69.4 Å². The van der Waals surface area contributed by atoms with Gasteiger partial charge in [-0.2, -0.15) is 17.5 Å². The standard InChI is InChI=1S/C28H30ClF4N3O3S/c1-25(2)23(22(37)9-6-12-28(31,32)33)34-24(35-25)26-15-27(16-26,17-26)36(14-18-10-11-20(29)21(30)13-18)40(38,39)19-7-4-3-5-8-19/h3-5,7-8,10-11,13,23H,6,9,12,14-17H2,1-2H3,(H,34,35)/t23-,26?,27?/m0/s1. The number of Topliss-reactive ketones (excluding diaryl/α,β-unsaturated/α-hetero) is 1. The summed E-state index contributed by atoms with van der Waals surface area (Å²) in [5.74, 6) is -0.387. The predicted molar refractivity (Wildman–Crippen MR) is 143 cm³/mol. The molecule has 1 aliphatic heterocycles. The number of sulfonamides is 1. The van der Waals surface area contributed by atoms with E-state index < -0.39 is 51.0 Å². The highest BCUT2D eigenvalue weighted by Crippen LogP contribution is 2.71. The average molecular weight is 600 g/mol. The van der Waals surface area contributed by atoms with Crippen LogP contribution in [0.2, 0.25) is 5.02 Å². The Kier molecular flexibility index (Phi) is 7.11. The Labute approximate surface area is 235 Å². The maximum Gasteiger partial charge on any atom is 0.389 e. The molecule has 216 valence electrons. The summed E-state index contributed by atoms with van der Waals surface area (Å²) in [5, 5.41) is 3.26. The molecule has 3 aliphatic carbocycles. The van der Waals surface area contributed by atoms with E-state index in [-0.39, 0.29) is 35.1 Å². The molecule has 1 N–H and O–H groups in total. The first-order valence-corrected chi connectivity index (χ1v) is 14.9. The molecule has 2 aromatic rings. The quantitative estimate of drug-likeness (QED) is 0.338. The molecular weight excluding hydrogens is 570 g/mol. The number of halogens is 5. The van der Waals surface area contributed by atoms with Crippen LogP contribution in [0.3, 0.4) is 0 Å². The molecule has 0 spiro atoms. The summed E-state index contributed by atoms with van der Waals surface area (Å²) in [6.45, 7) is 3.53. The molecule has 6 nitrogen and oxygen atoms in total. The zero-order chi connectivity index (χ0) is 29.1. The molecule has 12 heteroatoms. The highest BCUT2D eigenvalue weighted by atomic mass is 35.5. The topological polar surface area (TPSA) is 78.8 Å². The number of ketones is 1. The van der Waals surface area contributed by atoms with Gasteiger partial charge in [-0.25, -0.2) is 12.8 Å². The normalized spacial score (nSPS) is 27.0. The molecule has 2 bridgehead atoms. The van der Waals surface area contributed by atoms with Gasteiger partial charge in [-0.15, -0.1) is 0 Å². The Morgan fingerprint density at radius 1 is 1.12 bits per heavy atom. The van der Waals surface area contributed by atoms with E-state index in [1.807, 2.05) is 0 Å². The largest absolute Gasteiger partial charge is 0.389 e. The SMILES string of the molecule is CC1(C)NC(C23CC(N(Cc4ccc(Cl)c(F)c4)S(=O)(=O)c4ccccc4)(C2)C3)=N[C@H]1C(=O)CCCC(F)(F)F. The fourth-order valence-electron chi connectivity index (χ4n) is 6.32. The Morgan fingerprint density at radius 2 is 1.77 bits per heavy atom. The summed E-state index contributed by atoms with van der Waals surface area (Å²) < 4.78 is 81.0. The molecular formula is C28H30ClF4N3O3S. The van der Waals surface area contributed by atoms with E-state index in [9.17, 15) is 30.8 Å². The second-order valence-corrected chi connectivity index (χ2v) is 14.0. The lowest BCUT2D eigenvalue weighted by molar-refractivity contribution is -0.151. The molecule has 3 saturated carbocycles. The van der Waals surface area contributed by atoms with E-state index in [0.29, 0.717) is 30.7 Å². The number of carbonyl (C=O) groups excluding carboxylic acids is 1. The number of amidine groups is 1. The summed E-state index contributed by atoms with van der Waals surface area (Å²) in [6, 6.07) is 11.5. The van der Waals surface area contributed by atoms with Crippen LogP contribution >= 0.6 is 11.6 Å². The molecule has 1 atom stereocenters. The van der Waals surface area contributed by atoms with Crippen molar-refractivity contribution < 1.29 is 30.8 Å². The Balaban J connectivity index is 1.36. The predicted octanol–water partition coefficient (Wildman–Crippen LogP) is 6.04. The molecule has 40 heavy (non-hydrogen) atoms. The minimum absolute atomic E-state index is 0.0485. The Morgan fingerprint density at radius 3 is 2.38 bits per heavy atom. The van der Waals surface area contributed by atoms with E-state index in [4.69, 9.17) is 11.6 Å². The lowest BCUT2D eigenvalue weighted by Gasteiger charge is -2.73. The second-order valence-electron chi connectivity index (χ2n) is 11.8. The third kappa shape index (κ3) is 5.16. The highest BCUT2D eigenvalue weighted by molar-refractivity contribution is 7.89. The summed E-state index contributed by atoms with van der Waals surface area (Å²) in [7, 11) is -3.95. The van der Waals surface area contributed by atoms with E-state index in [0.717, 1.165) is 0 Å². The zero-order valence-electron chi connectivity index (χ0n) is 22.1. The smallest absolute Gasteiger partial charge is 0.366 e. The van der Waals surface area contributed by atoms with Crippen LogP contribution in [0.1, 0.15) is 57.9 Å². The van der Waals surface area contributed by atoms with Gasteiger partial charge in [0.15, 0.2) is 5.78 Å². The lowest BCUT2D eigenvalue weighted by atomic mass is 9.38. The summed E-state index contributed by atoms with van der Waals surface area (Å²) in [5.41, 5.74) is -1.48. The summed E-state index contributed by atoms with van der Waals surface area (Å²) in [6.07, 6.45) is -4.47. The van der Waals surface area contributed by atoms with Gasteiger partial charge in [0.1, 0.15) is 17.7 Å². The van der Waals surface area contributed by atoms with E-state index in [1.165, 1.54) is 28.6 Å². The van der Waals surface area contributed by atoms with Crippen molar-refractivity contribution in [1.29, 1.82) is 0 Å². The Hall–Kier alpha value is -2.50. The van der Waals surface area contributed by atoms with Crippen molar-refractivity contribution in [3.05, 3.63) is 64.9 Å². The monoisotopic (exact) mass is 599 g/mol. The van der Waals surface area contributed by atoms with E-state index in [2.05, 4.69) is 10.3 Å². The molecule has 0 radical (unpaired) electrons. The van der Waals surface area contributed by atoms with E-state index >= 15 is 0 Å². The fourth-order valence-corrected chi connectivity index (χ4v) is 8.22. The first-order chi connectivity index (χ1) is 18.6. The minimum atomic E-state index is -4.32. The minimum Gasteiger partial charge on any atom is -0.366 e. The van der Waals surface area contributed by atoms with Crippen LogP contribution in [0.15, 0.2) is 58.4 Å². The van der Waals surface area contributed by atoms with Crippen molar-refractivity contribution in [2.45, 2.75) is 87.1 Å². The van der Waals surface area contributed by atoms with Crippen molar-refractivity contribution in [2.75, 3.05) is 0 Å². The van der Waals surface area contributed by atoms with Crippen molar-refractivity contribution in [1.82, 2.24) is 9.62 Å². The number of nitrogens with one attached hydrogen (secondary N) is 1. The zero-order valence-corrected chi connectivity index (χ0v) is 23.6. The molecule has 0 aromatic heterocycles. The van der Waals surface area contributed by atoms with Crippen LogP contribution in [0, 0.1) is 11.2 Å². The van der Waals surface area contributed by atoms with Gasteiger partial charge in [-0.3, -0.25) is 9.79 Å². The molecule has 0 amide bonds. The van der Waals surface area contributed by atoms with Crippen LogP contribution in [0.4, 0.5) is 17.6 Å². The number of hydrogen-bond acceptors (Lipinski definition) is 5. The van der Waals surface area contributed by atoms with Crippen LogP contribution in [-0.4, -0.2) is 47.6 Å². The van der Waals surface area contributed by atoms with Gasteiger partial charge in [0.05, 0.1) is 15.5 Å². The first-order valence-electron chi connectivity index (χ1n) is 13.0. The van der Waals surface area contributed by atoms with Gasteiger partial charge in [0.2, 0.25) is 10.0 Å². The number of hydrogen-bond donors (Lipinski definition) is 1. The molecule has 0 saturated heterocycles. The number of alkyl halides is 3. The molecule has 0 unspecified atom stereocenters. The fraction of sp³-hybridized carbons (Fsp3) is 0.500. The number of benzene rings is 2.